The summed E-state index contributed by atoms with van der Waals surface area (Å²) in [6, 6.07) is 8.19. The number of anilines is 3. The van der Waals surface area contributed by atoms with Gasteiger partial charge in [-0.1, -0.05) is 19.1 Å². The van der Waals surface area contributed by atoms with Gasteiger partial charge in [-0.25, -0.2) is 9.97 Å². The molecule has 2 heterocycles. The third-order valence-corrected chi connectivity index (χ3v) is 5.50. The van der Waals surface area contributed by atoms with E-state index in [0.29, 0.717) is 12.3 Å². The molecule has 0 aliphatic carbocycles. The topological polar surface area (TPSA) is 70.2 Å². The fourth-order valence-corrected chi connectivity index (χ4v) is 3.80. The zero-order valence-corrected chi connectivity index (χ0v) is 17.9. The largest absolute Gasteiger partial charge is 0.370 e. The van der Waals surface area contributed by atoms with Gasteiger partial charge in [0.15, 0.2) is 0 Å². The van der Waals surface area contributed by atoms with Crippen molar-refractivity contribution >= 4 is 23.2 Å². The molecule has 3 rings (SSSR count). The minimum Gasteiger partial charge on any atom is -0.370 e. The average Bonchev–Trinajstić information content (AvgIpc) is 2.74. The molecule has 0 unspecified atom stereocenters. The van der Waals surface area contributed by atoms with Crippen LogP contribution in [0.1, 0.15) is 50.2 Å². The number of hydrogen-bond acceptors (Lipinski definition) is 5. The number of rotatable bonds is 8. The molecule has 0 bridgehead atoms. The van der Waals surface area contributed by atoms with Crippen molar-refractivity contribution in [3.05, 3.63) is 41.7 Å². The lowest BCUT2D eigenvalue weighted by molar-refractivity contribution is -0.116. The fourth-order valence-electron chi connectivity index (χ4n) is 3.80. The van der Waals surface area contributed by atoms with Gasteiger partial charge in [0.05, 0.1) is 0 Å². The zero-order chi connectivity index (χ0) is 20.6. The molecule has 1 atom stereocenters. The van der Waals surface area contributed by atoms with Crippen LogP contribution in [0.3, 0.4) is 0 Å². The maximum absolute atomic E-state index is 12.5. The normalized spacial score (nSPS) is 16.5. The second-order valence-corrected chi connectivity index (χ2v) is 8.05. The van der Waals surface area contributed by atoms with E-state index in [4.69, 9.17) is 0 Å². The van der Waals surface area contributed by atoms with Crippen LogP contribution in [0.15, 0.2) is 30.6 Å². The lowest BCUT2D eigenvalue weighted by Gasteiger charge is -2.33. The third kappa shape index (κ3) is 6.17. The van der Waals surface area contributed by atoms with Crippen LogP contribution >= 0.6 is 0 Å². The maximum atomic E-state index is 12.5. The second kappa shape index (κ2) is 10.2. The van der Waals surface area contributed by atoms with Gasteiger partial charge >= 0.3 is 0 Å². The highest BCUT2D eigenvalue weighted by Crippen LogP contribution is 2.26. The molecule has 2 N–H and O–H groups in total. The first-order chi connectivity index (χ1) is 14.0. The van der Waals surface area contributed by atoms with Crippen LogP contribution in [0.5, 0.6) is 0 Å². The molecular formula is C23H33N5O. The van der Waals surface area contributed by atoms with Gasteiger partial charge in [0, 0.05) is 37.8 Å². The van der Waals surface area contributed by atoms with Crippen molar-refractivity contribution in [3.63, 3.8) is 0 Å². The quantitative estimate of drug-likeness (QED) is 0.686. The highest BCUT2D eigenvalue weighted by Gasteiger charge is 2.22. The molecule has 6 heteroatoms. The predicted octanol–water partition coefficient (Wildman–Crippen LogP) is 4.55. The van der Waals surface area contributed by atoms with Gasteiger partial charge in [-0.05, 0) is 62.6 Å². The summed E-state index contributed by atoms with van der Waals surface area (Å²) < 4.78 is 0. The number of aromatic nitrogens is 2. The van der Waals surface area contributed by atoms with E-state index in [1.165, 1.54) is 6.42 Å². The Labute approximate surface area is 174 Å². The Morgan fingerprint density at radius 1 is 1.24 bits per heavy atom. The lowest BCUT2D eigenvalue weighted by atomic mass is 9.93. The van der Waals surface area contributed by atoms with E-state index < -0.39 is 0 Å². The van der Waals surface area contributed by atoms with Gasteiger partial charge in [0.1, 0.15) is 18.0 Å². The van der Waals surface area contributed by atoms with Crippen molar-refractivity contribution in [2.24, 2.45) is 5.92 Å². The molecule has 1 saturated heterocycles. The molecule has 1 aliphatic rings. The molecule has 1 fully saturated rings. The molecule has 0 saturated carbocycles. The smallest absolute Gasteiger partial charge is 0.224 e. The maximum Gasteiger partial charge on any atom is 0.224 e. The second-order valence-electron chi connectivity index (χ2n) is 8.05. The predicted molar refractivity (Wildman–Crippen MR) is 120 cm³/mol. The minimum absolute atomic E-state index is 0.101. The number of carbonyl (C=O) groups is 1. The van der Waals surface area contributed by atoms with Gasteiger partial charge in [0.2, 0.25) is 5.91 Å². The molecular weight excluding hydrogens is 362 g/mol. The van der Waals surface area contributed by atoms with E-state index >= 15 is 0 Å². The number of nitrogens with zero attached hydrogens (tertiary/aromatic N) is 3. The van der Waals surface area contributed by atoms with Crippen LogP contribution in [0.4, 0.5) is 17.3 Å². The monoisotopic (exact) mass is 395 g/mol. The summed E-state index contributed by atoms with van der Waals surface area (Å²) in [6.07, 6.45) is 6.45. The Hall–Kier alpha value is -2.63. The first kappa shape index (κ1) is 21.1. The molecule has 29 heavy (non-hydrogen) atoms. The van der Waals surface area contributed by atoms with Gasteiger partial charge in [-0.15, -0.1) is 0 Å². The van der Waals surface area contributed by atoms with Crippen LogP contribution in [0, 0.1) is 19.8 Å². The molecule has 2 aromatic rings. The van der Waals surface area contributed by atoms with E-state index in [9.17, 15) is 4.79 Å². The van der Waals surface area contributed by atoms with Crippen LogP contribution < -0.4 is 15.5 Å². The van der Waals surface area contributed by atoms with Gasteiger partial charge in [-0.2, -0.15) is 0 Å². The summed E-state index contributed by atoms with van der Waals surface area (Å²) in [6.45, 7) is 9.08. The zero-order valence-electron chi connectivity index (χ0n) is 17.9. The van der Waals surface area contributed by atoms with Gasteiger partial charge in [0.25, 0.3) is 0 Å². The van der Waals surface area contributed by atoms with Crippen LogP contribution in [0.25, 0.3) is 0 Å². The van der Waals surface area contributed by atoms with E-state index in [-0.39, 0.29) is 5.91 Å². The molecule has 0 radical (unpaired) electrons. The molecule has 6 nitrogen and oxygen atoms in total. The number of hydrogen-bond donors (Lipinski definition) is 2. The van der Waals surface area contributed by atoms with E-state index in [0.717, 1.165) is 67.3 Å². The summed E-state index contributed by atoms with van der Waals surface area (Å²) in [5, 5.41) is 6.41. The summed E-state index contributed by atoms with van der Waals surface area (Å²) in [7, 11) is 0. The number of benzene rings is 1. The molecule has 156 valence electrons. The van der Waals surface area contributed by atoms with E-state index in [1.807, 2.05) is 26.0 Å². The summed E-state index contributed by atoms with van der Waals surface area (Å²) in [4.78, 5) is 23.6. The fraction of sp³-hybridized carbons (Fsp3) is 0.522. The van der Waals surface area contributed by atoms with Crippen LogP contribution in [0.2, 0.25) is 0 Å². The van der Waals surface area contributed by atoms with Gasteiger partial charge < -0.3 is 15.5 Å². The van der Waals surface area contributed by atoms with E-state index in [1.54, 1.807) is 6.33 Å². The standard InChI is InChI=1S/C23H33N5O/c1-4-11-24-21-14-22(26-16-25-21)28-12-5-6-19(15-28)9-10-23(29)27-20-13-17(2)7-8-18(20)3/h7-8,13-14,16,19H,4-6,9-12,15H2,1-3H3,(H,27,29)(H,24,25,26)/t19-/m0/s1. The van der Waals surface area contributed by atoms with Crippen molar-refractivity contribution < 1.29 is 4.79 Å². The molecule has 1 aliphatic heterocycles. The minimum atomic E-state index is 0.101. The molecule has 1 aromatic carbocycles. The first-order valence-electron chi connectivity index (χ1n) is 10.7. The van der Waals surface area contributed by atoms with Crippen molar-refractivity contribution in [1.82, 2.24) is 9.97 Å². The number of carbonyl (C=O) groups excluding carboxylic acids is 1. The number of amides is 1. The third-order valence-electron chi connectivity index (χ3n) is 5.50. The van der Waals surface area contributed by atoms with Crippen LogP contribution in [-0.2, 0) is 4.79 Å². The molecule has 1 aromatic heterocycles. The number of piperidine rings is 1. The highest BCUT2D eigenvalue weighted by atomic mass is 16.1. The summed E-state index contributed by atoms with van der Waals surface area (Å²) >= 11 is 0. The highest BCUT2D eigenvalue weighted by molar-refractivity contribution is 5.91. The van der Waals surface area contributed by atoms with Crippen LogP contribution in [-0.4, -0.2) is 35.5 Å². The van der Waals surface area contributed by atoms with Crippen molar-refractivity contribution in [2.75, 3.05) is 35.2 Å². The Morgan fingerprint density at radius 3 is 2.93 bits per heavy atom. The van der Waals surface area contributed by atoms with Crippen molar-refractivity contribution in [3.8, 4) is 0 Å². The lowest BCUT2D eigenvalue weighted by Crippen LogP contribution is -2.36. The SMILES string of the molecule is CCCNc1cc(N2CCC[C@@H](CCC(=O)Nc3cc(C)ccc3C)C2)ncn1. The Morgan fingerprint density at radius 2 is 2.10 bits per heavy atom. The Bertz CT molecular complexity index is 823. The average molecular weight is 396 g/mol. The number of nitrogens with one attached hydrogen (secondary N) is 2. The van der Waals surface area contributed by atoms with Crippen molar-refractivity contribution in [1.29, 1.82) is 0 Å². The van der Waals surface area contributed by atoms with Gasteiger partial charge in [-0.3, -0.25) is 4.79 Å². The first-order valence-corrected chi connectivity index (χ1v) is 10.7. The molecule has 0 spiro atoms. The summed E-state index contributed by atoms with van der Waals surface area (Å²) in [5.41, 5.74) is 3.18. The number of aryl methyl sites for hydroxylation is 2. The Balaban J connectivity index is 1.52. The molecule has 1 amide bonds. The summed E-state index contributed by atoms with van der Waals surface area (Å²) in [5.74, 6) is 2.47. The Kier molecular flexibility index (Phi) is 7.44. The van der Waals surface area contributed by atoms with E-state index in [2.05, 4.69) is 44.6 Å². The van der Waals surface area contributed by atoms with Crippen molar-refractivity contribution in [2.45, 2.75) is 52.9 Å².